The molecule has 0 spiro atoms. The third-order valence-electron chi connectivity index (χ3n) is 5.64. The second-order valence-corrected chi connectivity index (χ2v) is 9.16. The molecule has 3 N–H and O–H groups in total. The number of carbonyl (C=O) groups is 2. The Bertz CT molecular complexity index is 1190. The summed E-state index contributed by atoms with van der Waals surface area (Å²) in [5, 5.41) is 9.54. The fourth-order valence-electron chi connectivity index (χ4n) is 4.10. The highest BCUT2D eigenvalue weighted by atomic mass is 35.5. The van der Waals surface area contributed by atoms with E-state index in [0.717, 1.165) is 24.5 Å². The van der Waals surface area contributed by atoms with E-state index in [1.807, 2.05) is 25.1 Å². The number of piperazine rings is 1. The maximum atomic E-state index is 12.8. The van der Waals surface area contributed by atoms with Gasteiger partial charge in [-0.05, 0) is 63.2 Å². The molecule has 1 aromatic heterocycles. The van der Waals surface area contributed by atoms with E-state index in [9.17, 15) is 9.59 Å². The number of aryl methyl sites for hydroxylation is 1. The molecule has 1 fully saturated rings. The molecule has 8 heteroatoms. The zero-order valence-electron chi connectivity index (χ0n) is 19.4. The molecule has 3 aromatic rings. The largest absolute Gasteiger partial charge is 0.354 e. The van der Waals surface area contributed by atoms with Gasteiger partial charge in [-0.25, -0.2) is 4.98 Å². The molecule has 0 radical (unpaired) electrons. The molecule has 0 saturated carbocycles. The number of rotatable bonds is 5. The van der Waals surface area contributed by atoms with Crippen LogP contribution in [0, 0.1) is 6.92 Å². The number of pyridine rings is 1. The van der Waals surface area contributed by atoms with Crippen LogP contribution in [0.15, 0.2) is 60.8 Å². The Morgan fingerprint density at radius 3 is 2.38 bits per heavy atom. The summed E-state index contributed by atoms with van der Waals surface area (Å²) in [6.45, 7) is 7.95. The fraction of sp³-hybridized carbons (Fsp3) is 0.269. The maximum absolute atomic E-state index is 12.8. The van der Waals surface area contributed by atoms with Crippen LogP contribution in [0.4, 0.5) is 17.2 Å². The van der Waals surface area contributed by atoms with E-state index in [1.54, 1.807) is 42.6 Å². The van der Waals surface area contributed by atoms with E-state index in [0.29, 0.717) is 39.6 Å². The first kappa shape index (κ1) is 23.7. The normalized spacial score (nSPS) is 17.8. The Balaban J connectivity index is 1.43. The van der Waals surface area contributed by atoms with Crippen molar-refractivity contribution < 1.29 is 9.59 Å². The molecule has 0 aliphatic carbocycles. The van der Waals surface area contributed by atoms with Crippen LogP contribution >= 0.6 is 11.6 Å². The number of amides is 2. The molecular weight excluding hydrogens is 450 g/mol. The smallest absolute Gasteiger partial charge is 0.257 e. The van der Waals surface area contributed by atoms with E-state index in [2.05, 4.69) is 39.7 Å². The lowest BCUT2D eigenvalue weighted by molar-refractivity contribution is 0.101. The minimum Gasteiger partial charge on any atom is -0.354 e. The monoisotopic (exact) mass is 477 g/mol. The summed E-state index contributed by atoms with van der Waals surface area (Å²) in [5.74, 6) is 0.286. The topological polar surface area (TPSA) is 86.4 Å². The lowest BCUT2D eigenvalue weighted by Gasteiger charge is -2.36. The van der Waals surface area contributed by atoms with E-state index in [1.165, 1.54) is 0 Å². The Hall–Kier alpha value is -3.42. The van der Waals surface area contributed by atoms with Crippen molar-refractivity contribution in [3.8, 4) is 0 Å². The van der Waals surface area contributed by atoms with Crippen molar-refractivity contribution in [2.75, 3.05) is 28.6 Å². The minimum absolute atomic E-state index is 0.273. The fourth-order valence-corrected chi connectivity index (χ4v) is 4.27. The van der Waals surface area contributed by atoms with Gasteiger partial charge in [-0.2, -0.15) is 0 Å². The van der Waals surface area contributed by atoms with Crippen LogP contribution < -0.4 is 20.9 Å². The molecule has 2 aromatic carbocycles. The van der Waals surface area contributed by atoms with Gasteiger partial charge in [0.25, 0.3) is 11.8 Å². The molecule has 2 heterocycles. The summed E-state index contributed by atoms with van der Waals surface area (Å²) < 4.78 is 0. The number of hydrogen-bond acceptors (Lipinski definition) is 5. The first-order valence-electron chi connectivity index (χ1n) is 11.2. The summed E-state index contributed by atoms with van der Waals surface area (Å²) in [6.07, 6.45) is 1.58. The van der Waals surface area contributed by atoms with Crippen LogP contribution in [0.5, 0.6) is 0 Å². The van der Waals surface area contributed by atoms with Crippen molar-refractivity contribution >= 4 is 40.6 Å². The third kappa shape index (κ3) is 5.73. The van der Waals surface area contributed by atoms with Crippen molar-refractivity contribution in [2.45, 2.75) is 32.9 Å². The van der Waals surface area contributed by atoms with Gasteiger partial charge in [-0.3, -0.25) is 9.59 Å². The van der Waals surface area contributed by atoms with E-state index in [-0.39, 0.29) is 11.8 Å². The number of carbonyl (C=O) groups excluding carboxylic acids is 2. The van der Waals surface area contributed by atoms with Gasteiger partial charge in [0.1, 0.15) is 5.82 Å². The molecule has 0 bridgehead atoms. The Morgan fingerprint density at radius 2 is 1.71 bits per heavy atom. The van der Waals surface area contributed by atoms with Gasteiger partial charge in [0.15, 0.2) is 0 Å². The number of anilines is 3. The van der Waals surface area contributed by atoms with Crippen molar-refractivity contribution in [3.63, 3.8) is 0 Å². The van der Waals surface area contributed by atoms with Crippen LogP contribution in [0.2, 0.25) is 5.02 Å². The third-order valence-corrected chi connectivity index (χ3v) is 5.97. The van der Waals surface area contributed by atoms with Crippen molar-refractivity contribution in [3.05, 3.63) is 82.5 Å². The lowest BCUT2D eigenvalue weighted by Crippen LogP contribution is -2.54. The van der Waals surface area contributed by atoms with Gasteiger partial charge < -0.3 is 20.9 Å². The molecular formula is C26H28ClN5O2. The van der Waals surface area contributed by atoms with Gasteiger partial charge in [0.2, 0.25) is 0 Å². The molecule has 1 saturated heterocycles. The summed E-state index contributed by atoms with van der Waals surface area (Å²) >= 11 is 6.28. The average molecular weight is 478 g/mol. The van der Waals surface area contributed by atoms with Crippen molar-refractivity contribution in [1.82, 2.24) is 10.3 Å². The van der Waals surface area contributed by atoms with Gasteiger partial charge in [0, 0.05) is 42.6 Å². The molecule has 4 rings (SSSR count). The van der Waals surface area contributed by atoms with Crippen molar-refractivity contribution in [2.24, 2.45) is 0 Å². The quantitative estimate of drug-likeness (QED) is 0.494. The minimum atomic E-state index is -0.292. The summed E-state index contributed by atoms with van der Waals surface area (Å²) in [5.41, 5.74) is 2.90. The average Bonchev–Trinajstić information content (AvgIpc) is 2.80. The lowest BCUT2D eigenvalue weighted by atomic mass is 10.1. The van der Waals surface area contributed by atoms with Crippen LogP contribution in [0.3, 0.4) is 0 Å². The number of benzene rings is 2. The molecule has 7 nitrogen and oxygen atoms in total. The maximum Gasteiger partial charge on any atom is 0.257 e. The molecule has 2 amide bonds. The zero-order chi connectivity index (χ0) is 24.2. The van der Waals surface area contributed by atoms with Gasteiger partial charge in [0.05, 0.1) is 16.3 Å². The molecule has 176 valence electrons. The number of nitrogens with one attached hydrogen (secondary N) is 3. The van der Waals surface area contributed by atoms with Crippen LogP contribution in [-0.4, -0.2) is 42.0 Å². The Kier molecular flexibility index (Phi) is 7.14. The summed E-state index contributed by atoms with van der Waals surface area (Å²) in [6, 6.07) is 16.6. The van der Waals surface area contributed by atoms with Gasteiger partial charge >= 0.3 is 0 Å². The molecule has 2 atom stereocenters. The highest BCUT2D eigenvalue weighted by molar-refractivity contribution is 6.34. The number of nitrogens with zero attached hydrogens (tertiary/aromatic N) is 2. The second kappa shape index (κ2) is 10.2. The molecule has 0 unspecified atom stereocenters. The van der Waals surface area contributed by atoms with Gasteiger partial charge in [-0.15, -0.1) is 0 Å². The van der Waals surface area contributed by atoms with E-state index < -0.39 is 0 Å². The van der Waals surface area contributed by atoms with E-state index in [4.69, 9.17) is 11.6 Å². The van der Waals surface area contributed by atoms with Crippen LogP contribution in [-0.2, 0) is 0 Å². The number of halogens is 1. The standard InChI is InChI=1S/C26H28ClN5O2/c1-16-5-4-6-19(11-16)25(33)31-23-12-21(8-9-22(23)27)30-26(34)20-7-10-24(28-13-20)32-14-17(2)29-18(3)15-32/h4-13,17-18,29H,14-15H2,1-3H3,(H,30,34)(H,31,33)/t17-,18+. The molecule has 1 aliphatic heterocycles. The van der Waals surface area contributed by atoms with E-state index >= 15 is 0 Å². The highest BCUT2D eigenvalue weighted by Crippen LogP contribution is 2.27. The summed E-state index contributed by atoms with van der Waals surface area (Å²) in [7, 11) is 0. The predicted molar refractivity (Wildman–Crippen MR) is 137 cm³/mol. The Labute approximate surface area is 204 Å². The first-order valence-corrected chi connectivity index (χ1v) is 11.6. The first-order chi connectivity index (χ1) is 16.3. The highest BCUT2D eigenvalue weighted by Gasteiger charge is 2.22. The Morgan fingerprint density at radius 1 is 0.971 bits per heavy atom. The molecule has 1 aliphatic rings. The number of hydrogen-bond donors (Lipinski definition) is 3. The predicted octanol–water partition coefficient (Wildman–Crippen LogP) is 4.73. The van der Waals surface area contributed by atoms with Crippen molar-refractivity contribution in [1.29, 1.82) is 0 Å². The SMILES string of the molecule is Cc1cccc(C(=O)Nc2cc(NC(=O)c3ccc(N4C[C@@H](C)N[C@@H](C)C4)nc3)ccc2Cl)c1. The summed E-state index contributed by atoms with van der Waals surface area (Å²) in [4.78, 5) is 32.1. The van der Waals surface area contributed by atoms with Gasteiger partial charge in [-0.1, -0.05) is 29.3 Å². The molecule has 34 heavy (non-hydrogen) atoms. The number of aromatic nitrogens is 1. The second-order valence-electron chi connectivity index (χ2n) is 8.75. The van der Waals surface area contributed by atoms with Crippen LogP contribution in [0.25, 0.3) is 0 Å². The van der Waals surface area contributed by atoms with Crippen LogP contribution in [0.1, 0.15) is 40.1 Å². The zero-order valence-corrected chi connectivity index (χ0v) is 20.2.